The van der Waals surface area contributed by atoms with Crippen molar-refractivity contribution in [3.8, 4) is 6.07 Å². The number of aryl methyl sites for hydroxylation is 1. The number of nitriles is 1. The molecule has 1 amide bonds. The lowest BCUT2D eigenvalue weighted by Gasteiger charge is -2.04. The second-order valence-corrected chi connectivity index (χ2v) is 4.62. The molecule has 1 N–H and O–H groups in total. The molecule has 1 aromatic carbocycles. The molecule has 0 atom stereocenters. The second kappa shape index (κ2) is 7.01. The first-order valence-corrected chi connectivity index (χ1v) is 6.54. The molecule has 0 bridgehead atoms. The van der Waals surface area contributed by atoms with E-state index in [2.05, 4.69) is 10.3 Å². The predicted molar refractivity (Wildman–Crippen MR) is 80.9 cm³/mol. The maximum Gasteiger partial charge on any atom is 0.262 e. The first-order valence-electron chi connectivity index (χ1n) is 6.54. The van der Waals surface area contributed by atoms with Crippen molar-refractivity contribution in [2.45, 2.75) is 13.5 Å². The minimum Gasteiger partial charge on any atom is -0.347 e. The van der Waals surface area contributed by atoms with Gasteiger partial charge in [-0.1, -0.05) is 35.9 Å². The molecule has 4 heteroatoms. The Morgan fingerprint density at radius 3 is 2.71 bits per heavy atom. The molecule has 1 heterocycles. The maximum atomic E-state index is 12.0. The summed E-state index contributed by atoms with van der Waals surface area (Å²) in [6, 6.07) is 13.2. The molecule has 0 spiro atoms. The van der Waals surface area contributed by atoms with E-state index in [1.807, 2.05) is 43.3 Å². The van der Waals surface area contributed by atoms with Gasteiger partial charge in [0.25, 0.3) is 5.91 Å². The molecule has 1 aromatic heterocycles. The fourth-order valence-corrected chi connectivity index (χ4v) is 1.76. The van der Waals surface area contributed by atoms with Gasteiger partial charge in [0, 0.05) is 18.9 Å². The van der Waals surface area contributed by atoms with E-state index in [9.17, 15) is 4.79 Å². The summed E-state index contributed by atoms with van der Waals surface area (Å²) in [6.07, 6.45) is 4.93. The van der Waals surface area contributed by atoms with Crippen LogP contribution in [0.3, 0.4) is 0 Å². The average Bonchev–Trinajstić information content (AvgIpc) is 2.53. The highest BCUT2D eigenvalue weighted by Gasteiger charge is 2.08. The molecular weight excluding hydrogens is 262 g/mol. The van der Waals surface area contributed by atoms with Crippen molar-refractivity contribution in [2.24, 2.45) is 0 Å². The van der Waals surface area contributed by atoms with E-state index in [0.29, 0.717) is 6.54 Å². The highest BCUT2D eigenvalue weighted by atomic mass is 16.1. The van der Waals surface area contributed by atoms with E-state index in [1.54, 1.807) is 24.5 Å². The lowest BCUT2D eigenvalue weighted by atomic mass is 10.1. The summed E-state index contributed by atoms with van der Waals surface area (Å²) in [5.74, 6) is -0.387. The SMILES string of the molecule is Cc1ccc(/C=C(/C#N)C(=O)NCc2cccnc2)cc1. The molecule has 104 valence electrons. The monoisotopic (exact) mass is 277 g/mol. The standard InChI is InChI=1S/C17H15N3O/c1-13-4-6-14(7-5-13)9-16(10-18)17(21)20-12-15-3-2-8-19-11-15/h2-9,11H,12H2,1H3,(H,20,21)/b16-9-. The third-order valence-electron chi connectivity index (χ3n) is 2.93. The second-order valence-electron chi connectivity index (χ2n) is 4.62. The number of benzene rings is 1. The molecule has 0 aliphatic rings. The predicted octanol–water partition coefficient (Wildman–Crippen LogP) is 2.61. The van der Waals surface area contributed by atoms with Gasteiger partial charge in [0.15, 0.2) is 0 Å². The van der Waals surface area contributed by atoms with Crippen LogP contribution >= 0.6 is 0 Å². The summed E-state index contributed by atoms with van der Waals surface area (Å²) in [5, 5.41) is 11.8. The number of rotatable bonds is 4. The Hall–Kier alpha value is -2.93. The van der Waals surface area contributed by atoms with Crippen LogP contribution in [0.15, 0.2) is 54.4 Å². The molecule has 2 rings (SSSR count). The lowest BCUT2D eigenvalue weighted by molar-refractivity contribution is -0.117. The van der Waals surface area contributed by atoms with Crippen LogP contribution < -0.4 is 5.32 Å². The zero-order chi connectivity index (χ0) is 15.1. The van der Waals surface area contributed by atoms with Gasteiger partial charge in [-0.25, -0.2) is 0 Å². The van der Waals surface area contributed by atoms with E-state index in [-0.39, 0.29) is 11.5 Å². The fraction of sp³-hybridized carbons (Fsp3) is 0.118. The number of hydrogen-bond donors (Lipinski definition) is 1. The number of nitrogens with zero attached hydrogens (tertiary/aromatic N) is 2. The number of aromatic nitrogens is 1. The normalized spacial score (nSPS) is 10.8. The van der Waals surface area contributed by atoms with Crippen LogP contribution in [0.5, 0.6) is 0 Å². The largest absolute Gasteiger partial charge is 0.347 e. The van der Waals surface area contributed by atoms with Crippen LogP contribution in [0.2, 0.25) is 0 Å². The Kier molecular flexibility index (Phi) is 4.84. The average molecular weight is 277 g/mol. The summed E-state index contributed by atoms with van der Waals surface area (Å²) >= 11 is 0. The van der Waals surface area contributed by atoms with Crippen LogP contribution in [-0.4, -0.2) is 10.9 Å². The molecule has 0 aliphatic carbocycles. The first-order chi connectivity index (χ1) is 10.2. The van der Waals surface area contributed by atoms with Gasteiger partial charge in [-0.3, -0.25) is 9.78 Å². The molecule has 0 fully saturated rings. The number of hydrogen-bond acceptors (Lipinski definition) is 3. The summed E-state index contributed by atoms with van der Waals surface area (Å²) in [5.41, 5.74) is 2.93. The Balaban J connectivity index is 2.05. The Bertz CT molecular complexity index is 682. The zero-order valence-electron chi connectivity index (χ0n) is 11.7. The Labute approximate surface area is 123 Å². The van der Waals surface area contributed by atoms with E-state index in [1.165, 1.54) is 0 Å². The van der Waals surface area contributed by atoms with E-state index >= 15 is 0 Å². The van der Waals surface area contributed by atoms with Crippen molar-refractivity contribution < 1.29 is 4.79 Å². The quantitative estimate of drug-likeness (QED) is 0.690. The van der Waals surface area contributed by atoms with Crippen LogP contribution in [0, 0.1) is 18.3 Å². The number of amides is 1. The van der Waals surface area contributed by atoms with Gasteiger partial charge in [-0.2, -0.15) is 5.26 Å². The van der Waals surface area contributed by atoms with Crippen molar-refractivity contribution in [3.63, 3.8) is 0 Å². The van der Waals surface area contributed by atoms with Crippen molar-refractivity contribution in [1.29, 1.82) is 5.26 Å². The third-order valence-corrected chi connectivity index (χ3v) is 2.93. The van der Waals surface area contributed by atoms with Crippen molar-refractivity contribution in [2.75, 3.05) is 0 Å². The van der Waals surface area contributed by atoms with Crippen LogP contribution in [0.1, 0.15) is 16.7 Å². The molecular formula is C17H15N3O. The minimum absolute atomic E-state index is 0.0859. The lowest BCUT2D eigenvalue weighted by Crippen LogP contribution is -2.23. The van der Waals surface area contributed by atoms with Crippen LogP contribution in [-0.2, 0) is 11.3 Å². The van der Waals surface area contributed by atoms with E-state index in [4.69, 9.17) is 5.26 Å². The molecule has 21 heavy (non-hydrogen) atoms. The highest BCUT2D eigenvalue weighted by Crippen LogP contribution is 2.08. The molecule has 4 nitrogen and oxygen atoms in total. The maximum absolute atomic E-state index is 12.0. The number of pyridine rings is 1. The van der Waals surface area contributed by atoms with Crippen molar-refractivity contribution >= 4 is 12.0 Å². The summed E-state index contributed by atoms with van der Waals surface area (Å²) in [7, 11) is 0. The van der Waals surface area contributed by atoms with Gasteiger partial charge in [-0.15, -0.1) is 0 Å². The van der Waals surface area contributed by atoms with Gasteiger partial charge in [0.2, 0.25) is 0 Å². The molecule has 0 saturated heterocycles. The van der Waals surface area contributed by atoms with Gasteiger partial charge in [-0.05, 0) is 30.2 Å². The van der Waals surface area contributed by atoms with Gasteiger partial charge >= 0.3 is 0 Å². The van der Waals surface area contributed by atoms with Gasteiger partial charge in [0.1, 0.15) is 11.6 Å². The third kappa shape index (κ3) is 4.29. The molecule has 0 unspecified atom stereocenters. The Morgan fingerprint density at radius 2 is 2.10 bits per heavy atom. The molecule has 0 aliphatic heterocycles. The van der Waals surface area contributed by atoms with Gasteiger partial charge < -0.3 is 5.32 Å². The topological polar surface area (TPSA) is 65.8 Å². The van der Waals surface area contributed by atoms with Crippen molar-refractivity contribution in [1.82, 2.24) is 10.3 Å². The van der Waals surface area contributed by atoms with Crippen LogP contribution in [0.4, 0.5) is 0 Å². The minimum atomic E-state index is -0.387. The van der Waals surface area contributed by atoms with Crippen LogP contribution in [0.25, 0.3) is 6.08 Å². The highest BCUT2D eigenvalue weighted by molar-refractivity contribution is 6.01. The summed E-state index contributed by atoms with van der Waals surface area (Å²) in [4.78, 5) is 16.0. The fourth-order valence-electron chi connectivity index (χ4n) is 1.76. The smallest absolute Gasteiger partial charge is 0.262 e. The zero-order valence-corrected chi connectivity index (χ0v) is 11.7. The molecule has 0 radical (unpaired) electrons. The van der Waals surface area contributed by atoms with E-state index in [0.717, 1.165) is 16.7 Å². The number of nitrogens with one attached hydrogen (secondary N) is 1. The van der Waals surface area contributed by atoms with E-state index < -0.39 is 0 Å². The Morgan fingerprint density at radius 1 is 1.33 bits per heavy atom. The first kappa shape index (κ1) is 14.5. The molecule has 2 aromatic rings. The van der Waals surface area contributed by atoms with Gasteiger partial charge in [0.05, 0.1) is 0 Å². The molecule has 0 saturated carbocycles. The summed E-state index contributed by atoms with van der Waals surface area (Å²) < 4.78 is 0. The number of carbonyl (C=O) groups is 1. The van der Waals surface area contributed by atoms with Crippen molar-refractivity contribution in [3.05, 3.63) is 71.1 Å². The summed E-state index contributed by atoms with van der Waals surface area (Å²) in [6.45, 7) is 2.33. The number of carbonyl (C=O) groups excluding carboxylic acids is 1.